The average molecular weight is 395 g/mol. The third-order valence-corrected chi connectivity index (χ3v) is 5.33. The van der Waals surface area contributed by atoms with Gasteiger partial charge in [0.05, 0.1) is 5.92 Å². The number of anilines is 1. The van der Waals surface area contributed by atoms with E-state index >= 15 is 0 Å². The summed E-state index contributed by atoms with van der Waals surface area (Å²) in [6.45, 7) is 2.74. The molecule has 2 aromatic carbocycles. The van der Waals surface area contributed by atoms with Gasteiger partial charge in [0.25, 0.3) is 5.91 Å². The maximum Gasteiger partial charge on any atom is 0.255 e. The van der Waals surface area contributed by atoms with E-state index in [0.717, 1.165) is 5.56 Å². The summed E-state index contributed by atoms with van der Waals surface area (Å²) in [4.78, 5) is 37.9. The van der Waals surface area contributed by atoms with Crippen molar-refractivity contribution in [3.8, 4) is 0 Å². The van der Waals surface area contributed by atoms with Gasteiger partial charge in [-0.15, -0.1) is 0 Å². The molecule has 0 aliphatic carbocycles. The predicted molar refractivity (Wildman–Crippen MR) is 108 cm³/mol. The summed E-state index contributed by atoms with van der Waals surface area (Å²) in [7, 11) is 0. The Morgan fingerprint density at radius 1 is 0.966 bits per heavy atom. The van der Waals surface area contributed by atoms with Gasteiger partial charge in [-0.05, 0) is 36.1 Å². The monoisotopic (exact) mass is 395 g/mol. The molecule has 2 aromatic rings. The zero-order valence-electron chi connectivity index (χ0n) is 16.3. The number of piperidine rings is 1. The molecule has 0 saturated carbocycles. The van der Waals surface area contributed by atoms with E-state index in [4.69, 9.17) is 5.21 Å². The van der Waals surface area contributed by atoms with E-state index in [0.29, 0.717) is 37.2 Å². The van der Waals surface area contributed by atoms with Crippen molar-refractivity contribution < 1.29 is 19.6 Å². The molecule has 1 atom stereocenters. The molecule has 0 bridgehead atoms. The minimum absolute atomic E-state index is 0.0410. The number of nitrogens with one attached hydrogen (secondary N) is 2. The van der Waals surface area contributed by atoms with Gasteiger partial charge >= 0.3 is 0 Å². The maximum absolute atomic E-state index is 12.5. The van der Waals surface area contributed by atoms with Crippen LogP contribution in [0.5, 0.6) is 0 Å². The minimum atomic E-state index is -0.651. The molecule has 3 rings (SSSR count). The third kappa shape index (κ3) is 5.00. The molecule has 3 amide bonds. The first-order valence-electron chi connectivity index (χ1n) is 9.65. The summed E-state index contributed by atoms with van der Waals surface area (Å²) >= 11 is 0. The lowest BCUT2D eigenvalue weighted by Gasteiger charge is -2.30. The SMILES string of the molecule is CC(=O)N1CCC(C(=O)Nc2ccc(C(C(=O)NO)c3ccccc3)cc2)CC1. The molecule has 152 valence electrons. The van der Waals surface area contributed by atoms with Gasteiger partial charge in [0.2, 0.25) is 11.8 Å². The summed E-state index contributed by atoms with van der Waals surface area (Å²) in [5.41, 5.74) is 3.83. The highest BCUT2D eigenvalue weighted by Crippen LogP contribution is 2.26. The number of hydrogen-bond acceptors (Lipinski definition) is 4. The molecular weight excluding hydrogens is 370 g/mol. The standard InChI is InChI=1S/C22H25N3O4/c1-15(26)25-13-11-18(12-14-25)21(27)23-19-9-7-17(8-10-19)20(22(28)24-29)16-5-3-2-4-6-16/h2-10,18,20,29H,11-14H2,1H3,(H,23,27)(H,24,28). The van der Waals surface area contributed by atoms with E-state index in [1.165, 1.54) is 0 Å². The van der Waals surface area contributed by atoms with Gasteiger partial charge in [0.15, 0.2) is 0 Å². The predicted octanol–water partition coefficient (Wildman–Crippen LogP) is 2.52. The second-order valence-electron chi connectivity index (χ2n) is 7.21. The van der Waals surface area contributed by atoms with Crippen molar-refractivity contribution >= 4 is 23.4 Å². The van der Waals surface area contributed by atoms with Crippen molar-refractivity contribution in [2.75, 3.05) is 18.4 Å². The Balaban J connectivity index is 1.67. The normalized spacial score (nSPS) is 15.4. The molecule has 3 N–H and O–H groups in total. The largest absolute Gasteiger partial charge is 0.343 e. The number of nitrogens with zero attached hydrogens (tertiary/aromatic N) is 1. The Hall–Kier alpha value is -3.19. The van der Waals surface area contributed by atoms with Crippen LogP contribution in [-0.4, -0.2) is 40.9 Å². The topological polar surface area (TPSA) is 98.7 Å². The molecule has 0 radical (unpaired) electrons. The smallest absolute Gasteiger partial charge is 0.255 e. The highest BCUT2D eigenvalue weighted by molar-refractivity contribution is 5.93. The molecule has 29 heavy (non-hydrogen) atoms. The third-order valence-electron chi connectivity index (χ3n) is 5.33. The Kier molecular flexibility index (Phi) is 6.61. The Labute approximate surface area is 169 Å². The van der Waals surface area contributed by atoms with Crippen molar-refractivity contribution in [2.45, 2.75) is 25.7 Å². The maximum atomic E-state index is 12.5. The zero-order valence-corrected chi connectivity index (χ0v) is 16.3. The van der Waals surface area contributed by atoms with Crippen molar-refractivity contribution in [3.05, 3.63) is 65.7 Å². The van der Waals surface area contributed by atoms with Crippen LogP contribution in [0.4, 0.5) is 5.69 Å². The lowest BCUT2D eigenvalue weighted by Crippen LogP contribution is -2.40. The number of carbonyl (C=O) groups is 3. The van der Waals surface area contributed by atoms with Gasteiger partial charge in [-0.1, -0.05) is 42.5 Å². The lowest BCUT2D eigenvalue weighted by atomic mass is 9.90. The first kappa shape index (κ1) is 20.5. The number of benzene rings is 2. The summed E-state index contributed by atoms with van der Waals surface area (Å²) < 4.78 is 0. The van der Waals surface area contributed by atoms with E-state index in [1.54, 1.807) is 41.6 Å². The quantitative estimate of drug-likeness (QED) is 0.535. The fourth-order valence-electron chi connectivity index (χ4n) is 3.67. The van der Waals surface area contributed by atoms with E-state index < -0.39 is 11.8 Å². The lowest BCUT2D eigenvalue weighted by molar-refractivity contribution is -0.132. The van der Waals surface area contributed by atoms with Gasteiger partial charge < -0.3 is 10.2 Å². The molecule has 7 heteroatoms. The number of amides is 3. The molecule has 7 nitrogen and oxygen atoms in total. The molecule has 1 unspecified atom stereocenters. The van der Waals surface area contributed by atoms with Crippen molar-refractivity contribution in [3.63, 3.8) is 0 Å². The van der Waals surface area contributed by atoms with Crippen molar-refractivity contribution in [1.29, 1.82) is 0 Å². The van der Waals surface area contributed by atoms with Gasteiger partial charge in [-0.3, -0.25) is 19.6 Å². The summed E-state index contributed by atoms with van der Waals surface area (Å²) in [6, 6.07) is 16.2. The highest BCUT2D eigenvalue weighted by Gasteiger charge is 2.26. The molecule has 1 heterocycles. The molecule has 1 fully saturated rings. The van der Waals surface area contributed by atoms with Crippen LogP contribution in [0.3, 0.4) is 0 Å². The number of carbonyl (C=O) groups excluding carboxylic acids is 3. The van der Waals surface area contributed by atoms with Crippen LogP contribution >= 0.6 is 0 Å². The first-order valence-corrected chi connectivity index (χ1v) is 9.65. The van der Waals surface area contributed by atoms with Crippen LogP contribution < -0.4 is 10.8 Å². The molecule has 1 saturated heterocycles. The fraction of sp³-hybridized carbons (Fsp3) is 0.318. The number of hydroxylamine groups is 1. The summed E-state index contributed by atoms with van der Waals surface area (Å²) in [6.07, 6.45) is 1.30. The second-order valence-corrected chi connectivity index (χ2v) is 7.21. The van der Waals surface area contributed by atoms with Crippen molar-refractivity contribution in [2.24, 2.45) is 5.92 Å². The Bertz CT molecular complexity index is 859. The number of rotatable bonds is 5. The zero-order chi connectivity index (χ0) is 20.8. The number of likely N-dealkylation sites (tertiary alicyclic amines) is 1. The van der Waals surface area contributed by atoms with Crippen LogP contribution in [-0.2, 0) is 14.4 Å². The molecular formula is C22H25N3O4. The van der Waals surface area contributed by atoms with Crippen LogP contribution in [0.2, 0.25) is 0 Å². The van der Waals surface area contributed by atoms with E-state index in [-0.39, 0.29) is 17.7 Å². The van der Waals surface area contributed by atoms with Gasteiger partial charge in [-0.2, -0.15) is 0 Å². The van der Waals surface area contributed by atoms with E-state index in [9.17, 15) is 14.4 Å². The Morgan fingerprint density at radius 2 is 1.55 bits per heavy atom. The molecule has 1 aliphatic rings. The van der Waals surface area contributed by atoms with Gasteiger partial charge in [-0.25, -0.2) is 5.48 Å². The summed E-state index contributed by atoms with van der Waals surface area (Å²) in [5, 5.41) is 12.0. The van der Waals surface area contributed by atoms with Crippen LogP contribution in [0, 0.1) is 5.92 Å². The summed E-state index contributed by atoms with van der Waals surface area (Å²) in [5.74, 6) is -1.32. The Morgan fingerprint density at radius 3 is 2.10 bits per heavy atom. The fourth-order valence-corrected chi connectivity index (χ4v) is 3.67. The van der Waals surface area contributed by atoms with E-state index in [1.807, 2.05) is 30.3 Å². The van der Waals surface area contributed by atoms with Crippen LogP contribution in [0.25, 0.3) is 0 Å². The number of hydrogen-bond donors (Lipinski definition) is 3. The molecule has 0 aromatic heterocycles. The van der Waals surface area contributed by atoms with Crippen LogP contribution in [0.1, 0.15) is 36.8 Å². The van der Waals surface area contributed by atoms with Gasteiger partial charge in [0.1, 0.15) is 0 Å². The second kappa shape index (κ2) is 9.34. The van der Waals surface area contributed by atoms with Crippen molar-refractivity contribution in [1.82, 2.24) is 10.4 Å². The highest BCUT2D eigenvalue weighted by atomic mass is 16.5. The molecule has 1 aliphatic heterocycles. The van der Waals surface area contributed by atoms with E-state index in [2.05, 4.69) is 5.32 Å². The van der Waals surface area contributed by atoms with Crippen LogP contribution in [0.15, 0.2) is 54.6 Å². The first-order chi connectivity index (χ1) is 14.0. The average Bonchev–Trinajstić information content (AvgIpc) is 2.75. The van der Waals surface area contributed by atoms with Gasteiger partial charge in [0, 0.05) is 31.6 Å². The molecule has 0 spiro atoms. The minimum Gasteiger partial charge on any atom is -0.343 e.